The number of para-hydroxylation sites is 2. The molecule has 2 nitrogen and oxygen atoms in total. The van der Waals surface area contributed by atoms with Crippen molar-refractivity contribution in [3.05, 3.63) is 255 Å². The summed E-state index contributed by atoms with van der Waals surface area (Å²) in [6, 6.07) is 92.4. The molecule has 0 aliphatic carbocycles. The second kappa shape index (κ2) is 15.8. The van der Waals surface area contributed by atoms with Gasteiger partial charge in [0, 0.05) is 33.5 Å². The van der Waals surface area contributed by atoms with Gasteiger partial charge in [-0.1, -0.05) is 188 Å². The zero-order valence-electron chi connectivity index (χ0n) is 35.1. The Morgan fingerprint density at radius 2 is 0.594 bits per heavy atom. The molecule has 0 fully saturated rings. The summed E-state index contributed by atoms with van der Waals surface area (Å²) in [6.07, 6.45) is 0. The Morgan fingerprint density at radius 1 is 0.234 bits per heavy atom. The van der Waals surface area contributed by atoms with Gasteiger partial charge in [0.15, 0.2) is 0 Å². The van der Waals surface area contributed by atoms with Crippen LogP contribution in [0.25, 0.3) is 93.5 Å². The Hall–Kier alpha value is -8.46. The number of fused-ring (bicyclic) bond motifs is 5. The fourth-order valence-electron chi connectivity index (χ4n) is 9.82. The van der Waals surface area contributed by atoms with Crippen LogP contribution in [0.4, 0.5) is 17.1 Å². The van der Waals surface area contributed by atoms with Gasteiger partial charge in [0.1, 0.15) is 0 Å². The number of hydrogen-bond donors (Lipinski definition) is 0. The van der Waals surface area contributed by atoms with Crippen LogP contribution >= 0.6 is 0 Å². The quantitative estimate of drug-likeness (QED) is 0.139. The van der Waals surface area contributed by atoms with E-state index in [-0.39, 0.29) is 0 Å². The first-order chi connectivity index (χ1) is 31.8. The van der Waals surface area contributed by atoms with Crippen molar-refractivity contribution in [1.82, 2.24) is 4.57 Å². The van der Waals surface area contributed by atoms with Crippen LogP contribution in [0.3, 0.4) is 0 Å². The molecule has 1 aromatic heterocycles. The second-order valence-corrected chi connectivity index (χ2v) is 16.5. The Bertz CT molecular complexity index is 3550. The van der Waals surface area contributed by atoms with Crippen molar-refractivity contribution in [1.29, 1.82) is 0 Å². The van der Waals surface area contributed by atoms with Crippen molar-refractivity contribution in [2.24, 2.45) is 0 Å². The topological polar surface area (TPSA) is 8.17 Å². The Morgan fingerprint density at radius 3 is 1.14 bits per heavy atom. The molecular weight excluding hydrogens is 773 g/mol. The minimum Gasteiger partial charge on any atom is -0.311 e. The molecule has 0 aliphatic heterocycles. The van der Waals surface area contributed by atoms with Gasteiger partial charge in [0.2, 0.25) is 0 Å². The van der Waals surface area contributed by atoms with E-state index in [1.807, 2.05) is 0 Å². The highest BCUT2D eigenvalue weighted by molar-refractivity contribution is 6.21. The average Bonchev–Trinajstić information content (AvgIpc) is 3.71. The predicted octanol–water partition coefficient (Wildman–Crippen LogP) is 17.2. The van der Waals surface area contributed by atoms with E-state index in [1.54, 1.807) is 0 Å². The number of aromatic nitrogens is 1. The van der Waals surface area contributed by atoms with Crippen LogP contribution in [-0.2, 0) is 0 Å². The SMILES string of the molecule is c1ccc(-c2ccc(N(c3ccccc3)c3ccc(-c4ccc5c(c4)c4ccccc4n5-c4ccc(-c5c6ccccc6c(-c6ccccc6)c6ccccc56)cc4)cc3)cc2)cc1. The van der Waals surface area contributed by atoms with Crippen LogP contribution in [0.1, 0.15) is 0 Å². The molecule has 12 aromatic rings. The van der Waals surface area contributed by atoms with Crippen LogP contribution in [0, 0.1) is 0 Å². The van der Waals surface area contributed by atoms with E-state index in [0.717, 1.165) is 22.7 Å². The Balaban J connectivity index is 0.910. The van der Waals surface area contributed by atoms with E-state index in [9.17, 15) is 0 Å². The molecule has 0 unspecified atom stereocenters. The molecule has 300 valence electrons. The summed E-state index contributed by atoms with van der Waals surface area (Å²) in [7, 11) is 0. The molecule has 0 atom stereocenters. The number of rotatable bonds is 8. The van der Waals surface area contributed by atoms with Gasteiger partial charge in [-0.05, 0) is 133 Å². The van der Waals surface area contributed by atoms with Crippen molar-refractivity contribution < 1.29 is 0 Å². The van der Waals surface area contributed by atoms with E-state index in [2.05, 4.69) is 264 Å². The lowest BCUT2D eigenvalue weighted by molar-refractivity contribution is 1.18. The summed E-state index contributed by atoms with van der Waals surface area (Å²) in [6.45, 7) is 0. The second-order valence-electron chi connectivity index (χ2n) is 16.5. The molecule has 0 bridgehead atoms. The zero-order chi connectivity index (χ0) is 42.4. The number of anilines is 3. The largest absolute Gasteiger partial charge is 0.311 e. The minimum atomic E-state index is 1.11. The molecule has 64 heavy (non-hydrogen) atoms. The van der Waals surface area contributed by atoms with E-state index < -0.39 is 0 Å². The van der Waals surface area contributed by atoms with Gasteiger partial charge >= 0.3 is 0 Å². The molecular formula is C62H42N2. The predicted molar refractivity (Wildman–Crippen MR) is 272 cm³/mol. The third kappa shape index (κ3) is 6.44. The number of hydrogen-bond acceptors (Lipinski definition) is 1. The van der Waals surface area contributed by atoms with Crippen LogP contribution < -0.4 is 4.90 Å². The molecule has 0 radical (unpaired) electrons. The highest BCUT2D eigenvalue weighted by atomic mass is 15.1. The highest BCUT2D eigenvalue weighted by Gasteiger charge is 2.19. The fourth-order valence-corrected chi connectivity index (χ4v) is 9.82. The summed E-state index contributed by atoms with van der Waals surface area (Å²) in [4.78, 5) is 2.32. The Kier molecular flexibility index (Phi) is 9.20. The van der Waals surface area contributed by atoms with Gasteiger partial charge in [-0.2, -0.15) is 0 Å². The summed E-state index contributed by atoms with van der Waals surface area (Å²) >= 11 is 0. The number of benzene rings is 11. The third-order valence-electron chi connectivity index (χ3n) is 12.8. The standard InChI is InChI=1S/C62H42N2/c1-4-16-43(17-5-1)44-28-35-50(36-29-44)63(49-20-8-3-9-21-49)51-37-30-45(31-38-51)48-34-41-60-58(42-48)53-22-14-15-27-59(53)64(60)52-39-32-47(33-40-52)62-56-25-12-10-23-54(56)61(46-18-6-2-7-19-46)55-24-11-13-26-57(55)62/h1-42H. The van der Waals surface area contributed by atoms with Gasteiger partial charge < -0.3 is 9.47 Å². The fraction of sp³-hybridized carbons (Fsp3) is 0. The molecule has 0 aliphatic rings. The molecule has 0 N–H and O–H groups in total. The molecule has 1 heterocycles. The van der Waals surface area contributed by atoms with Gasteiger partial charge in [-0.3, -0.25) is 0 Å². The molecule has 11 aromatic carbocycles. The minimum absolute atomic E-state index is 1.11. The maximum atomic E-state index is 2.41. The molecule has 0 spiro atoms. The summed E-state index contributed by atoms with van der Waals surface area (Å²) in [5, 5.41) is 7.52. The van der Waals surface area contributed by atoms with Crippen LogP contribution in [-0.4, -0.2) is 4.57 Å². The van der Waals surface area contributed by atoms with Crippen LogP contribution in [0.15, 0.2) is 255 Å². The maximum absolute atomic E-state index is 2.41. The average molecular weight is 815 g/mol. The van der Waals surface area contributed by atoms with Crippen LogP contribution in [0.2, 0.25) is 0 Å². The molecule has 0 saturated heterocycles. The lowest BCUT2D eigenvalue weighted by Crippen LogP contribution is -2.09. The van der Waals surface area contributed by atoms with Crippen molar-refractivity contribution in [3.63, 3.8) is 0 Å². The number of nitrogens with zero attached hydrogens (tertiary/aromatic N) is 2. The molecule has 0 saturated carbocycles. The van der Waals surface area contributed by atoms with Gasteiger partial charge in [0.25, 0.3) is 0 Å². The first-order valence-corrected chi connectivity index (χ1v) is 22.0. The van der Waals surface area contributed by atoms with Crippen molar-refractivity contribution in [2.45, 2.75) is 0 Å². The third-order valence-corrected chi connectivity index (χ3v) is 12.8. The molecule has 12 rings (SSSR count). The van der Waals surface area contributed by atoms with Crippen LogP contribution in [0.5, 0.6) is 0 Å². The van der Waals surface area contributed by atoms with Crippen molar-refractivity contribution in [2.75, 3.05) is 4.90 Å². The van der Waals surface area contributed by atoms with Gasteiger partial charge in [-0.25, -0.2) is 0 Å². The summed E-state index contributed by atoms with van der Waals surface area (Å²) in [5.74, 6) is 0. The Labute approximate surface area is 373 Å². The smallest absolute Gasteiger partial charge is 0.0541 e. The highest BCUT2D eigenvalue weighted by Crippen LogP contribution is 2.44. The summed E-state index contributed by atoms with van der Waals surface area (Å²) in [5.41, 5.74) is 16.6. The van der Waals surface area contributed by atoms with E-state index in [4.69, 9.17) is 0 Å². The summed E-state index contributed by atoms with van der Waals surface area (Å²) < 4.78 is 2.41. The van der Waals surface area contributed by atoms with E-state index >= 15 is 0 Å². The van der Waals surface area contributed by atoms with Crippen molar-refractivity contribution in [3.8, 4) is 50.2 Å². The lowest BCUT2D eigenvalue weighted by Gasteiger charge is -2.26. The first kappa shape index (κ1) is 37.3. The first-order valence-electron chi connectivity index (χ1n) is 22.0. The molecule has 0 amide bonds. The van der Waals surface area contributed by atoms with Gasteiger partial charge in [-0.15, -0.1) is 0 Å². The monoisotopic (exact) mass is 814 g/mol. The van der Waals surface area contributed by atoms with Crippen molar-refractivity contribution >= 4 is 60.4 Å². The van der Waals surface area contributed by atoms with E-state index in [1.165, 1.54) is 87.9 Å². The molecule has 2 heteroatoms. The maximum Gasteiger partial charge on any atom is 0.0541 e. The normalized spacial score (nSPS) is 11.4. The van der Waals surface area contributed by atoms with E-state index in [0.29, 0.717) is 0 Å². The lowest BCUT2D eigenvalue weighted by atomic mass is 9.86. The van der Waals surface area contributed by atoms with Gasteiger partial charge in [0.05, 0.1) is 11.0 Å². The zero-order valence-corrected chi connectivity index (χ0v) is 35.1.